The van der Waals surface area contributed by atoms with E-state index in [1.165, 1.54) is 0 Å². The highest BCUT2D eigenvalue weighted by molar-refractivity contribution is 4.89. The summed E-state index contributed by atoms with van der Waals surface area (Å²) in [6, 6.07) is 0. The van der Waals surface area contributed by atoms with Gasteiger partial charge in [0.05, 0.1) is 24.4 Å². The Balaban J connectivity index is 2.48. The molecule has 0 saturated carbocycles. The largest absolute Gasteiger partial charge is 0.394 e. The zero-order chi connectivity index (χ0) is 12.2. The normalized spacial score (nSPS) is 30.3. The maximum Gasteiger partial charge on any atom is 0.107 e. The van der Waals surface area contributed by atoms with Gasteiger partial charge >= 0.3 is 0 Å². The maximum atomic E-state index is 9.23. The predicted octanol–water partition coefficient (Wildman–Crippen LogP) is 1.73. The van der Waals surface area contributed by atoms with Crippen LogP contribution in [0.5, 0.6) is 0 Å². The van der Waals surface area contributed by atoms with Crippen molar-refractivity contribution in [3.63, 3.8) is 0 Å². The van der Waals surface area contributed by atoms with Crippen molar-refractivity contribution in [1.29, 1.82) is 0 Å². The van der Waals surface area contributed by atoms with Crippen LogP contribution in [0, 0.1) is 12.3 Å². The van der Waals surface area contributed by atoms with E-state index in [1.54, 1.807) is 0 Å². The van der Waals surface area contributed by atoms with Gasteiger partial charge in [-0.05, 0) is 27.2 Å². The smallest absolute Gasteiger partial charge is 0.107 e. The number of rotatable bonds is 4. The van der Waals surface area contributed by atoms with Gasteiger partial charge in [-0.25, -0.2) is 0 Å². The van der Waals surface area contributed by atoms with Gasteiger partial charge < -0.3 is 14.6 Å². The Labute approximate surface area is 98.1 Å². The van der Waals surface area contributed by atoms with Gasteiger partial charge in [-0.15, -0.1) is 12.3 Å². The molecule has 0 aromatic rings. The van der Waals surface area contributed by atoms with E-state index in [9.17, 15) is 5.11 Å². The molecule has 1 aliphatic rings. The molecule has 1 rings (SSSR count). The molecule has 0 aromatic heterocycles. The van der Waals surface area contributed by atoms with Gasteiger partial charge in [-0.2, -0.15) is 0 Å². The molecule has 0 radical (unpaired) electrons. The highest BCUT2D eigenvalue weighted by atomic mass is 16.6. The van der Waals surface area contributed by atoms with Gasteiger partial charge in [0.2, 0.25) is 0 Å². The van der Waals surface area contributed by atoms with Crippen LogP contribution < -0.4 is 0 Å². The van der Waals surface area contributed by atoms with Gasteiger partial charge in [-0.1, -0.05) is 0 Å². The van der Waals surface area contributed by atoms with E-state index in [0.717, 1.165) is 12.8 Å². The molecular formula is C13H22O3. The number of hydrogen-bond acceptors (Lipinski definition) is 3. The first kappa shape index (κ1) is 13.5. The van der Waals surface area contributed by atoms with Crippen molar-refractivity contribution in [3.8, 4) is 12.3 Å². The second-order valence-electron chi connectivity index (χ2n) is 5.23. The van der Waals surface area contributed by atoms with Crippen molar-refractivity contribution in [2.45, 2.75) is 63.9 Å². The zero-order valence-corrected chi connectivity index (χ0v) is 10.4. The van der Waals surface area contributed by atoms with Crippen LogP contribution in [0.3, 0.4) is 0 Å². The summed E-state index contributed by atoms with van der Waals surface area (Å²) >= 11 is 0. The fourth-order valence-corrected chi connectivity index (χ4v) is 1.97. The molecule has 0 aromatic carbocycles. The molecule has 1 fully saturated rings. The molecule has 1 saturated heterocycles. The van der Waals surface area contributed by atoms with E-state index < -0.39 is 0 Å². The number of hydrogen-bond donors (Lipinski definition) is 1. The van der Waals surface area contributed by atoms with E-state index in [0.29, 0.717) is 6.42 Å². The van der Waals surface area contributed by atoms with Crippen LogP contribution in [0.25, 0.3) is 0 Å². The standard InChI is InChI=1S/C13H22O3/c1-5-6-7-10-8-11(12(9-14)15-10)16-13(2,3)4/h1,10-12,14H,6-9H2,2-4H3/t10-,11?,12-/m1/s1. The molecule has 1 heterocycles. The number of terminal acetylenes is 1. The molecule has 1 N–H and O–H groups in total. The van der Waals surface area contributed by atoms with E-state index in [-0.39, 0.29) is 30.5 Å². The topological polar surface area (TPSA) is 38.7 Å². The van der Waals surface area contributed by atoms with Crippen LogP contribution in [-0.4, -0.2) is 35.6 Å². The molecule has 1 aliphatic heterocycles. The van der Waals surface area contributed by atoms with Crippen molar-refractivity contribution < 1.29 is 14.6 Å². The average Bonchev–Trinajstić information content (AvgIpc) is 2.54. The van der Waals surface area contributed by atoms with Crippen molar-refractivity contribution in [2.75, 3.05) is 6.61 Å². The third kappa shape index (κ3) is 4.13. The Hall–Kier alpha value is -0.560. The molecule has 0 bridgehead atoms. The van der Waals surface area contributed by atoms with Gasteiger partial charge in [0.15, 0.2) is 0 Å². The minimum Gasteiger partial charge on any atom is -0.394 e. The van der Waals surface area contributed by atoms with Crippen LogP contribution in [0.4, 0.5) is 0 Å². The van der Waals surface area contributed by atoms with Crippen LogP contribution in [0.2, 0.25) is 0 Å². The first-order valence-corrected chi connectivity index (χ1v) is 5.84. The molecular weight excluding hydrogens is 204 g/mol. The minimum atomic E-state index is -0.206. The fraction of sp³-hybridized carbons (Fsp3) is 0.846. The van der Waals surface area contributed by atoms with E-state index >= 15 is 0 Å². The van der Waals surface area contributed by atoms with E-state index in [2.05, 4.69) is 5.92 Å². The third-order valence-corrected chi connectivity index (χ3v) is 2.57. The molecule has 3 atom stereocenters. The number of aliphatic hydroxyl groups excluding tert-OH is 1. The monoisotopic (exact) mass is 226 g/mol. The second kappa shape index (κ2) is 5.67. The molecule has 0 amide bonds. The fourth-order valence-electron chi connectivity index (χ4n) is 1.97. The predicted molar refractivity (Wildman–Crippen MR) is 63.1 cm³/mol. The molecule has 3 nitrogen and oxygen atoms in total. The van der Waals surface area contributed by atoms with Gasteiger partial charge in [0.25, 0.3) is 0 Å². The second-order valence-corrected chi connectivity index (χ2v) is 5.23. The first-order valence-electron chi connectivity index (χ1n) is 5.84. The molecule has 0 aliphatic carbocycles. The summed E-state index contributed by atoms with van der Waals surface area (Å²) < 4.78 is 11.6. The van der Waals surface area contributed by atoms with Gasteiger partial charge in [0, 0.05) is 12.8 Å². The molecule has 0 spiro atoms. The van der Waals surface area contributed by atoms with E-state index in [4.69, 9.17) is 15.9 Å². The van der Waals surface area contributed by atoms with Crippen molar-refractivity contribution in [1.82, 2.24) is 0 Å². The highest BCUT2D eigenvalue weighted by Gasteiger charge is 2.37. The Bertz CT molecular complexity index is 249. The molecule has 92 valence electrons. The van der Waals surface area contributed by atoms with Gasteiger partial charge in [0.1, 0.15) is 6.10 Å². The maximum absolute atomic E-state index is 9.23. The summed E-state index contributed by atoms with van der Waals surface area (Å²) in [5.41, 5.74) is -0.206. The van der Waals surface area contributed by atoms with Crippen molar-refractivity contribution in [2.24, 2.45) is 0 Å². The zero-order valence-electron chi connectivity index (χ0n) is 10.4. The number of aliphatic hydroxyl groups is 1. The summed E-state index contributed by atoms with van der Waals surface area (Å²) in [4.78, 5) is 0. The summed E-state index contributed by atoms with van der Waals surface area (Å²) in [7, 11) is 0. The quantitative estimate of drug-likeness (QED) is 0.742. The minimum absolute atomic E-state index is 0.00724. The third-order valence-electron chi connectivity index (χ3n) is 2.57. The number of ether oxygens (including phenoxy) is 2. The molecule has 3 heteroatoms. The Morgan fingerprint density at radius 1 is 1.50 bits per heavy atom. The van der Waals surface area contributed by atoms with Crippen LogP contribution in [-0.2, 0) is 9.47 Å². The first-order chi connectivity index (χ1) is 7.46. The average molecular weight is 226 g/mol. The van der Waals surface area contributed by atoms with Crippen molar-refractivity contribution >= 4 is 0 Å². The lowest BCUT2D eigenvalue weighted by atomic mass is 10.1. The lowest BCUT2D eigenvalue weighted by Gasteiger charge is -2.27. The Morgan fingerprint density at radius 2 is 2.19 bits per heavy atom. The summed E-state index contributed by atoms with van der Waals surface area (Å²) in [6.45, 7) is 6.04. The highest BCUT2D eigenvalue weighted by Crippen LogP contribution is 2.28. The Kier molecular flexibility index (Phi) is 4.79. The summed E-state index contributed by atoms with van der Waals surface area (Å²) in [5, 5.41) is 9.23. The van der Waals surface area contributed by atoms with Crippen LogP contribution in [0.1, 0.15) is 40.0 Å². The summed E-state index contributed by atoms with van der Waals surface area (Å²) in [6.07, 6.45) is 7.50. The molecule has 16 heavy (non-hydrogen) atoms. The van der Waals surface area contributed by atoms with Crippen LogP contribution >= 0.6 is 0 Å². The lowest BCUT2D eigenvalue weighted by molar-refractivity contribution is -0.102. The lowest BCUT2D eigenvalue weighted by Crippen LogP contribution is -2.34. The molecule has 1 unspecified atom stereocenters. The summed E-state index contributed by atoms with van der Waals surface area (Å²) in [5.74, 6) is 2.61. The van der Waals surface area contributed by atoms with E-state index in [1.807, 2.05) is 20.8 Å². The SMILES string of the molecule is C#CCC[C@@H]1CC(OC(C)(C)C)[C@@H](CO)O1. The van der Waals surface area contributed by atoms with Crippen LogP contribution in [0.15, 0.2) is 0 Å². The Morgan fingerprint density at radius 3 is 2.69 bits per heavy atom. The van der Waals surface area contributed by atoms with Crippen molar-refractivity contribution in [3.05, 3.63) is 0 Å². The van der Waals surface area contributed by atoms with Gasteiger partial charge in [-0.3, -0.25) is 0 Å².